The molecule has 2 N–H and O–H groups in total. The number of rotatable bonds is 7. The van der Waals surface area contributed by atoms with E-state index in [1.54, 1.807) is 50.4 Å². The van der Waals surface area contributed by atoms with Gasteiger partial charge < -0.3 is 15.0 Å². The number of anilines is 1. The Balaban J connectivity index is 0.00000166. The van der Waals surface area contributed by atoms with Crippen LogP contribution in [0.5, 0.6) is 5.75 Å². The Kier molecular flexibility index (Phi) is 8.54. The monoisotopic (exact) mass is 429 g/mol. The van der Waals surface area contributed by atoms with Gasteiger partial charge in [-0.05, 0) is 18.2 Å². The fraction of sp³-hybridized carbons (Fsp3) is 0.348. The van der Waals surface area contributed by atoms with E-state index in [9.17, 15) is 18.8 Å². The molecule has 1 aliphatic rings. The van der Waals surface area contributed by atoms with Crippen molar-refractivity contribution in [3.05, 3.63) is 58.9 Å². The van der Waals surface area contributed by atoms with Crippen molar-refractivity contribution < 1.29 is 23.5 Å². The predicted molar refractivity (Wildman–Crippen MR) is 116 cm³/mol. The third kappa shape index (κ3) is 5.59. The van der Waals surface area contributed by atoms with Gasteiger partial charge >= 0.3 is 0 Å². The number of benzene rings is 2. The van der Waals surface area contributed by atoms with Crippen LogP contribution in [0.2, 0.25) is 0 Å². The van der Waals surface area contributed by atoms with Crippen LogP contribution in [0.3, 0.4) is 0 Å². The minimum Gasteiger partial charge on any atom is -0.488 e. The largest absolute Gasteiger partial charge is 0.488 e. The molecule has 2 aromatic rings. The Hall–Kier alpha value is -3.42. The van der Waals surface area contributed by atoms with Gasteiger partial charge in [-0.2, -0.15) is 0 Å². The van der Waals surface area contributed by atoms with Crippen molar-refractivity contribution in [2.75, 3.05) is 18.9 Å². The number of imide groups is 1. The summed E-state index contributed by atoms with van der Waals surface area (Å²) in [5.41, 5.74) is 1.82. The predicted octanol–water partition coefficient (Wildman–Crippen LogP) is 3.48. The SMILES string of the molecule is CC.CCC(=O)NC(=O)CN1Cc2c(OCc3cccc(NC)c3F)cccc2C1=O. The maximum absolute atomic E-state index is 14.4. The number of fused-ring (bicyclic) bond motifs is 1. The molecule has 0 atom stereocenters. The second-order valence-electron chi connectivity index (χ2n) is 6.59. The summed E-state index contributed by atoms with van der Waals surface area (Å²) in [6.45, 7) is 5.59. The number of carbonyl (C=O) groups is 3. The van der Waals surface area contributed by atoms with Crippen LogP contribution in [-0.2, 0) is 22.7 Å². The van der Waals surface area contributed by atoms with Gasteiger partial charge in [0.1, 0.15) is 18.9 Å². The Morgan fingerprint density at radius 3 is 2.52 bits per heavy atom. The molecule has 3 amide bonds. The molecule has 8 heteroatoms. The van der Waals surface area contributed by atoms with Crippen molar-refractivity contribution in [2.24, 2.45) is 0 Å². The first-order chi connectivity index (χ1) is 14.9. The third-order valence-corrected chi connectivity index (χ3v) is 4.67. The van der Waals surface area contributed by atoms with Crippen LogP contribution >= 0.6 is 0 Å². The Morgan fingerprint density at radius 1 is 1.13 bits per heavy atom. The number of amides is 3. The fourth-order valence-electron chi connectivity index (χ4n) is 3.12. The van der Waals surface area contributed by atoms with Crippen LogP contribution in [0.1, 0.15) is 48.7 Å². The highest BCUT2D eigenvalue weighted by Gasteiger charge is 2.31. The van der Waals surface area contributed by atoms with Gasteiger partial charge in [0.2, 0.25) is 11.8 Å². The molecule has 0 aromatic heterocycles. The zero-order valence-corrected chi connectivity index (χ0v) is 18.3. The van der Waals surface area contributed by atoms with E-state index in [0.29, 0.717) is 28.1 Å². The molecule has 3 rings (SSSR count). The molecule has 0 spiro atoms. The summed E-state index contributed by atoms with van der Waals surface area (Å²) in [5.74, 6) is -1.18. The van der Waals surface area contributed by atoms with Gasteiger partial charge in [-0.15, -0.1) is 0 Å². The van der Waals surface area contributed by atoms with E-state index in [4.69, 9.17) is 4.74 Å². The molecule has 0 aliphatic carbocycles. The van der Waals surface area contributed by atoms with E-state index >= 15 is 0 Å². The molecule has 0 radical (unpaired) electrons. The molecule has 0 fully saturated rings. The van der Waals surface area contributed by atoms with Gasteiger partial charge in [0.05, 0.1) is 12.2 Å². The lowest BCUT2D eigenvalue weighted by Gasteiger charge is -2.15. The van der Waals surface area contributed by atoms with Crippen molar-refractivity contribution in [1.82, 2.24) is 10.2 Å². The minimum absolute atomic E-state index is 0.00249. The normalized spacial score (nSPS) is 11.9. The summed E-state index contributed by atoms with van der Waals surface area (Å²) >= 11 is 0. The highest BCUT2D eigenvalue weighted by atomic mass is 19.1. The fourth-order valence-corrected chi connectivity index (χ4v) is 3.12. The van der Waals surface area contributed by atoms with Gasteiger partial charge in [0.25, 0.3) is 5.91 Å². The van der Waals surface area contributed by atoms with E-state index in [2.05, 4.69) is 10.6 Å². The zero-order chi connectivity index (χ0) is 23.0. The first kappa shape index (κ1) is 23.9. The standard InChI is InChI=1S/C21H22FN3O4.C2H6/c1-3-18(26)24-19(27)11-25-10-15-14(21(25)28)7-5-9-17(15)29-12-13-6-4-8-16(23-2)20(13)22;1-2/h4-9,23H,3,10-12H2,1-2H3,(H,24,26,27);1-2H3. The number of ether oxygens (including phenoxy) is 1. The average Bonchev–Trinajstić information content (AvgIpc) is 3.10. The van der Waals surface area contributed by atoms with Crippen LogP contribution in [0, 0.1) is 5.82 Å². The topological polar surface area (TPSA) is 87.7 Å². The van der Waals surface area contributed by atoms with Crippen molar-refractivity contribution in [3.63, 3.8) is 0 Å². The summed E-state index contributed by atoms with van der Waals surface area (Å²) in [7, 11) is 1.64. The molecule has 1 aliphatic heterocycles. The van der Waals surface area contributed by atoms with Crippen molar-refractivity contribution >= 4 is 23.4 Å². The number of nitrogens with zero attached hydrogens (tertiary/aromatic N) is 1. The molecular formula is C23H28FN3O4. The lowest BCUT2D eigenvalue weighted by molar-refractivity contribution is -0.130. The lowest BCUT2D eigenvalue weighted by Crippen LogP contribution is -2.39. The van der Waals surface area contributed by atoms with Crippen molar-refractivity contribution in [2.45, 2.75) is 40.3 Å². The smallest absolute Gasteiger partial charge is 0.255 e. The molecule has 166 valence electrons. The third-order valence-electron chi connectivity index (χ3n) is 4.67. The summed E-state index contributed by atoms with van der Waals surface area (Å²) < 4.78 is 20.2. The first-order valence-electron chi connectivity index (χ1n) is 10.3. The summed E-state index contributed by atoms with van der Waals surface area (Å²) in [4.78, 5) is 37.2. The maximum atomic E-state index is 14.4. The van der Waals surface area contributed by atoms with E-state index in [1.165, 1.54) is 4.90 Å². The second-order valence-corrected chi connectivity index (χ2v) is 6.59. The Bertz CT molecular complexity index is 962. The molecule has 0 saturated carbocycles. The molecule has 0 bridgehead atoms. The summed E-state index contributed by atoms with van der Waals surface area (Å²) in [6, 6.07) is 10.0. The molecular weight excluding hydrogens is 401 g/mol. The van der Waals surface area contributed by atoms with Gasteiger partial charge in [-0.25, -0.2) is 4.39 Å². The van der Waals surface area contributed by atoms with Gasteiger partial charge in [-0.1, -0.05) is 39.0 Å². The quantitative estimate of drug-likeness (QED) is 0.704. The first-order valence-corrected chi connectivity index (χ1v) is 10.3. The zero-order valence-electron chi connectivity index (χ0n) is 18.3. The van der Waals surface area contributed by atoms with Gasteiger partial charge in [0.15, 0.2) is 5.82 Å². The van der Waals surface area contributed by atoms with E-state index in [1.807, 2.05) is 13.8 Å². The molecule has 0 saturated heterocycles. The number of halogens is 1. The summed E-state index contributed by atoms with van der Waals surface area (Å²) in [6.07, 6.45) is 0.184. The van der Waals surface area contributed by atoms with Crippen molar-refractivity contribution in [1.29, 1.82) is 0 Å². The Labute approximate surface area is 181 Å². The Morgan fingerprint density at radius 2 is 1.84 bits per heavy atom. The highest BCUT2D eigenvalue weighted by Crippen LogP contribution is 2.31. The van der Waals surface area contributed by atoms with Crippen LogP contribution in [0.25, 0.3) is 0 Å². The minimum atomic E-state index is -0.536. The van der Waals surface area contributed by atoms with Crippen molar-refractivity contribution in [3.8, 4) is 5.75 Å². The van der Waals surface area contributed by atoms with Crippen LogP contribution < -0.4 is 15.4 Å². The summed E-state index contributed by atoms with van der Waals surface area (Å²) in [5, 5.41) is 5.01. The number of carbonyl (C=O) groups excluding carboxylic acids is 3. The molecule has 2 aromatic carbocycles. The molecule has 1 heterocycles. The van der Waals surface area contributed by atoms with E-state index < -0.39 is 17.6 Å². The maximum Gasteiger partial charge on any atom is 0.255 e. The van der Waals surface area contributed by atoms with Crippen LogP contribution in [0.15, 0.2) is 36.4 Å². The van der Waals surface area contributed by atoms with Gasteiger partial charge in [-0.3, -0.25) is 19.7 Å². The number of hydrogen-bond acceptors (Lipinski definition) is 5. The number of hydrogen-bond donors (Lipinski definition) is 2. The average molecular weight is 429 g/mol. The van der Waals surface area contributed by atoms with Crippen LogP contribution in [-0.4, -0.2) is 36.2 Å². The van der Waals surface area contributed by atoms with E-state index in [0.717, 1.165) is 0 Å². The molecule has 31 heavy (non-hydrogen) atoms. The molecule has 0 unspecified atom stereocenters. The molecule has 7 nitrogen and oxygen atoms in total. The van der Waals surface area contributed by atoms with Crippen LogP contribution in [0.4, 0.5) is 10.1 Å². The second kappa shape index (κ2) is 11.1. The van der Waals surface area contributed by atoms with E-state index in [-0.39, 0.29) is 32.0 Å². The number of nitrogens with one attached hydrogen (secondary N) is 2. The highest BCUT2D eigenvalue weighted by molar-refractivity contribution is 6.02. The lowest BCUT2D eigenvalue weighted by atomic mass is 10.1. The van der Waals surface area contributed by atoms with Gasteiger partial charge in [0, 0.05) is 30.2 Å².